The number of hydrogen-bond acceptors (Lipinski definition) is 0. The fourth-order valence-corrected chi connectivity index (χ4v) is 6.32. The van der Waals surface area contributed by atoms with Crippen molar-refractivity contribution >= 4 is 16.5 Å². The Morgan fingerprint density at radius 1 is 1.04 bits per heavy atom. The van der Waals surface area contributed by atoms with E-state index in [-0.39, 0.29) is 0 Å². The quantitative estimate of drug-likeness (QED) is 0.487. The van der Waals surface area contributed by atoms with Crippen LogP contribution in [0.4, 0.5) is 0 Å². The monoisotopic (exact) mass is 373 g/mol. The average Bonchev–Trinajstić information content (AvgIpc) is 3.08. The number of allylic oxidation sites excluding steroid dienone is 4. The Labute approximate surface area is 170 Å². The zero-order chi connectivity index (χ0) is 19.1. The van der Waals surface area contributed by atoms with E-state index in [4.69, 9.17) is 0 Å². The molecule has 0 saturated heterocycles. The Morgan fingerprint density at radius 2 is 1.89 bits per heavy atom. The van der Waals surface area contributed by atoms with Crippen LogP contribution in [0.2, 0.25) is 0 Å². The van der Waals surface area contributed by atoms with E-state index >= 15 is 0 Å². The highest BCUT2D eigenvalue weighted by Crippen LogP contribution is 2.43. The smallest absolute Gasteiger partial charge is 0.0488 e. The van der Waals surface area contributed by atoms with Crippen molar-refractivity contribution in [1.82, 2.24) is 4.57 Å². The summed E-state index contributed by atoms with van der Waals surface area (Å²) in [6.45, 7) is 5.73. The van der Waals surface area contributed by atoms with Gasteiger partial charge in [-0.2, -0.15) is 0 Å². The summed E-state index contributed by atoms with van der Waals surface area (Å²) in [6, 6.07) is 7.47. The Morgan fingerprint density at radius 3 is 2.64 bits per heavy atom. The molecule has 0 radical (unpaired) electrons. The van der Waals surface area contributed by atoms with Gasteiger partial charge in [-0.15, -0.1) is 0 Å². The van der Waals surface area contributed by atoms with Crippen molar-refractivity contribution in [3.63, 3.8) is 0 Å². The summed E-state index contributed by atoms with van der Waals surface area (Å²) >= 11 is 0. The van der Waals surface area contributed by atoms with Gasteiger partial charge in [0.15, 0.2) is 0 Å². The van der Waals surface area contributed by atoms with Crippen LogP contribution >= 0.6 is 0 Å². The van der Waals surface area contributed by atoms with E-state index in [1.54, 1.807) is 16.5 Å². The molecular weight excluding hydrogens is 338 g/mol. The molecule has 1 heteroatoms. The van der Waals surface area contributed by atoms with E-state index in [9.17, 15) is 0 Å². The molecule has 1 aromatic heterocycles. The molecule has 0 N–H and O–H groups in total. The SMILES string of the molecule is CCn1c2c(c3cc(C4CCCCC4)ccc31)CC(C1CC=CCC1)C=C2C. The van der Waals surface area contributed by atoms with Crippen LogP contribution in [-0.2, 0) is 13.0 Å². The van der Waals surface area contributed by atoms with Crippen LogP contribution in [0.5, 0.6) is 0 Å². The summed E-state index contributed by atoms with van der Waals surface area (Å²) in [4.78, 5) is 0. The van der Waals surface area contributed by atoms with Crippen molar-refractivity contribution in [1.29, 1.82) is 0 Å². The Kier molecular flexibility index (Phi) is 4.95. The lowest BCUT2D eigenvalue weighted by Crippen LogP contribution is -2.20. The van der Waals surface area contributed by atoms with E-state index in [1.165, 1.54) is 74.6 Å². The second-order valence-electron chi connectivity index (χ2n) is 9.45. The molecule has 2 atom stereocenters. The molecule has 3 aliphatic rings. The topological polar surface area (TPSA) is 4.93 Å². The standard InChI is InChI=1S/C27H35N/c1-3-28-26-15-14-22(20-10-6-4-7-11-20)17-24(26)25-18-23(16-19(2)27(25)28)21-12-8-5-9-13-21/h5,8,14-17,20-21,23H,3-4,6-7,9-13,18H2,1-2H3. The summed E-state index contributed by atoms with van der Waals surface area (Å²) in [5.74, 6) is 2.33. The van der Waals surface area contributed by atoms with Gasteiger partial charge in [-0.25, -0.2) is 0 Å². The molecule has 0 spiro atoms. The summed E-state index contributed by atoms with van der Waals surface area (Å²) in [6.07, 6.45) is 19.6. The second-order valence-corrected chi connectivity index (χ2v) is 9.45. The van der Waals surface area contributed by atoms with Crippen LogP contribution in [-0.4, -0.2) is 4.57 Å². The molecule has 2 aromatic rings. The fourth-order valence-electron chi connectivity index (χ4n) is 6.32. The van der Waals surface area contributed by atoms with Crippen molar-refractivity contribution in [2.24, 2.45) is 11.8 Å². The highest BCUT2D eigenvalue weighted by Gasteiger charge is 2.29. The minimum atomic E-state index is 0.715. The molecule has 3 aliphatic carbocycles. The summed E-state index contributed by atoms with van der Waals surface area (Å²) in [5.41, 5.74) is 7.75. The lowest BCUT2D eigenvalue weighted by Gasteiger charge is -2.30. The number of aryl methyl sites for hydroxylation is 1. The maximum atomic E-state index is 2.61. The molecule has 148 valence electrons. The largest absolute Gasteiger partial charge is 0.341 e. The first-order valence-corrected chi connectivity index (χ1v) is 11.7. The van der Waals surface area contributed by atoms with Gasteiger partial charge in [0, 0.05) is 23.1 Å². The molecule has 0 aliphatic heterocycles. The van der Waals surface area contributed by atoms with E-state index in [1.807, 2.05) is 0 Å². The average molecular weight is 374 g/mol. The van der Waals surface area contributed by atoms with Crippen molar-refractivity contribution in [3.05, 3.63) is 53.2 Å². The van der Waals surface area contributed by atoms with Gasteiger partial charge in [-0.3, -0.25) is 0 Å². The minimum Gasteiger partial charge on any atom is -0.341 e. The zero-order valence-electron chi connectivity index (χ0n) is 17.7. The van der Waals surface area contributed by atoms with Crippen molar-refractivity contribution < 1.29 is 0 Å². The molecule has 28 heavy (non-hydrogen) atoms. The number of hydrogen-bond donors (Lipinski definition) is 0. The van der Waals surface area contributed by atoms with Crippen molar-refractivity contribution in [3.8, 4) is 0 Å². The molecular formula is C27H35N. The highest BCUT2D eigenvalue weighted by atomic mass is 15.0. The number of fused-ring (bicyclic) bond motifs is 3. The third kappa shape index (κ3) is 3.08. The molecule has 5 rings (SSSR count). The summed E-state index contributed by atoms with van der Waals surface area (Å²) < 4.78 is 2.58. The van der Waals surface area contributed by atoms with Crippen LogP contribution in [0, 0.1) is 11.8 Å². The first-order chi connectivity index (χ1) is 13.8. The molecule has 0 amide bonds. The second kappa shape index (κ2) is 7.58. The van der Waals surface area contributed by atoms with Gasteiger partial charge >= 0.3 is 0 Å². The number of nitrogens with zero attached hydrogens (tertiary/aromatic N) is 1. The third-order valence-electron chi connectivity index (χ3n) is 7.78. The van der Waals surface area contributed by atoms with Gasteiger partial charge in [-0.05, 0) is 99.0 Å². The molecule has 1 saturated carbocycles. The molecule has 1 nitrogen and oxygen atoms in total. The van der Waals surface area contributed by atoms with Crippen LogP contribution in [0.1, 0.15) is 88.0 Å². The van der Waals surface area contributed by atoms with E-state index in [0.717, 1.165) is 18.4 Å². The van der Waals surface area contributed by atoms with Crippen LogP contribution < -0.4 is 0 Å². The number of rotatable bonds is 3. The van der Waals surface area contributed by atoms with Crippen LogP contribution in [0.15, 0.2) is 36.4 Å². The van der Waals surface area contributed by atoms with E-state index in [0.29, 0.717) is 5.92 Å². The Hall–Kier alpha value is -1.76. The fraction of sp³-hybridized carbons (Fsp3) is 0.556. The van der Waals surface area contributed by atoms with Crippen LogP contribution in [0.25, 0.3) is 16.5 Å². The number of aromatic nitrogens is 1. The van der Waals surface area contributed by atoms with E-state index < -0.39 is 0 Å². The summed E-state index contributed by atoms with van der Waals surface area (Å²) in [7, 11) is 0. The van der Waals surface area contributed by atoms with Crippen molar-refractivity contribution in [2.75, 3.05) is 0 Å². The molecule has 0 bridgehead atoms. The Balaban J connectivity index is 1.58. The molecule has 1 aromatic carbocycles. The maximum absolute atomic E-state index is 2.61. The summed E-state index contributed by atoms with van der Waals surface area (Å²) in [5, 5.41) is 1.56. The van der Waals surface area contributed by atoms with Crippen LogP contribution in [0.3, 0.4) is 0 Å². The number of benzene rings is 1. The highest BCUT2D eigenvalue weighted by molar-refractivity contribution is 5.91. The van der Waals surface area contributed by atoms with Crippen molar-refractivity contribution in [2.45, 2.75) is 84.1 Å². The van der Waals surface area contributed by atoms with Gasteiger partial charge in [0.2, 0.25) is 0 Å². The first-order valence-electron chi connectivity index (χ1n) is 11.7. The van der Waals surface area contributed by atoms with Gasteiger partial charge in [0.05, 0.1) is 0 Å². The predicted molar refractivity (Wildman–Crippen MR) is 121 cm³/mol. The molecule has 2 unspecified atom stereocenters. The van der Waals surface area contributed by atoms with Gasteiger partial charge in [-0.1, -0.05) is 43.6 Å². The minimum absolute atomic E-state index is 0.715. The van der Waals surface area contributed by atoms with E-state index in [2.05, 4.69) is 54.8 Å². The lowest BCUT2D eigenvalue weighted by molar-refractivity contribution is 0.360. The van der Waals surface area contributed by atoms with Gasteiger partial charge in [0.1, 0.15) is 0 Å². The third-order valence-corrected chi connectivity index (χ3v) is 7.78. The Bertz CT molecular complexity index is 919. The molecule has 1 heterocycles. The first kappa shape index (κ1) is 18.3. The predicted octanol–water partition coefficient (Wildman–Crippen LogP) is 7.64. The zero-order valence-corrected chi connectivity index (χ0v) is 17.7. The van der Waals surface area contributed by atoms with Gasteiger partial charge in [0.25, 0.3) is 0 Å². The van der Waals surface area contributed by atoms with Gasteiger partial charge < -0.3 is 4.57 Å². The maximum Gasteiger partial charge on any atom is 0.0488 e. The normalized spacial score (nSPS) is 25.7. The molecule has 1 fully saturated rings. The lowest BCUT2D eigenvalue weighted by atomic mass is 9.75.